The molecule has 0 bridgehead atoms. The summed E-state index contributed by atoms with van der Waals surface area (Å²) in [5, 5.41) is 4.93. The Labute approximate surface area is 131 Å². The third-order valence-corrected chi connectivity index (χ3v) is 6.15. The van der Waals surface area contributed by atoms with Crippen molar-refractivity contribution < 1.29 is 0 Å². The van der Waals surface area contributed by atoms with Crippen molar-refractivity contribution in [3.8, 4) is 0 Å². The lowest BCUT2D eigenvalue weighted by molar-refractivity contribution is 0.404. The Kier molecular flexibility index (Phi) is 4.51. The fourth-order valence-corrected chi connectivity index (χ4v) is 4.67. The Morgan fingerprint density at radius 2 is 2.14 bits per heavy atom. The fraction of sp³-hybridized carbons (Fsp3) is 0.500. The third kappa shape index (κ3) is 3.24. The maximum atomic E-state index is 4.85. The number of hydrogen-bond acceptors (Lipinski definition) is 3. The average Bonchev–Trinajstić information content (AvgIpc) is 2.95. The van der Waals surface area contributed by atoms with Crippen molar-refractivity contribution in [3.63, 3.8) is 0 Å². The van der Waals surface area contributed by atoms with Crippen molar-refractivity contribution in [1.82, 2.24) is 10.3 Å². The summed E-state index contributed by atoms with van der Waals surface area (Å²) in [5.41, 5.74) is 2.31. The van der Waals surface area contributed by atoms with Gasteiger partial charge in [-0.15, -0.1) is 0 Å². The van der Waals surface area contributed by atoms with Gasteiger partial charge in [0.25, 0.3) is 0 Å². The number of pyridine rings is 1. The predicted molar refractivity (Wildman–Crippen MR) is 93.0 cm³/mol. The monoisotopic (exact) mass is 300 g/mol. The number of hydrogen-bond donors (Lipinski definition) is 1. The molecular formula is C18H24N2S. The van der Waals surface area contributed by atoms with Gasteiger partial charge >= 0.3 is 0 Å². The van der Waals surface area contributed by atoms with Crippen LogP contribution in [0.1, 0.15) is 32.4 Å². The molecule has 112 valence electrons. The van der Waals surface area contributed by atoms with Gasteiger partial charge in [-0.3, -0.25) is 4.98 Å². The van der Waals surface area contributed by atoms with Gasteiger partial charge in [0.2, 0.25) is 0 Å². The van der Waals surface area contributed by atoms with E-state index in [1.807, 2.05) is 0 Å². The smallest absolute Gasteiger partial charge is 0.0705 e. The molecule has 1 N–H and O–H groups in total. The van der Waals surface area contributed by atoms with Gasteiger partial charge < -0.3 is 5.32 Å². The minimum atomic E-state index is 0.351. The van der Waals surface area contributed by atoms with Gasteiger partial charge in [-0.05, 0) is 44.2 Å². The van der Waals surface area contributed by atoms with E-state index in [1.165, 1.54) is 29.7 Å². The summed E-state index contributed by atoms with van der Waals surface area (Å²) in [7, 11) is 0. The van der Waals surface area contributed by atoms with Crippen molar-refractivity contribution in [2.45, 2.75) is 43.9 Å². The van der Waals surface area contributed by atoms with Crippen LogP contribution in [0.3, 0.4) is 0 Å². The molecule has 1 aliphatic heterocycles. The van der Waals surface area contributed by atoms with Crippen LogP contribution in [0.5, 0.6) is 0 Å². The van der Waals surface area contributed by atoms with Crippen LogP contribution in [0.15, 0.2) is 36.4 Å². The molecule has 2 heterocycles. The first-order valence-corrected chi connectivity index (χ1v) is 8.92. The van der Waals surface area contributed by atoms with Gasteiger partial charge in [0.1, 0.15) is 0 Å². The number of para-hydroxylation sites is 1. The molecule has 1 fully saturated rings. The van der Waals surface area contributed by atoms with Crippen LogP contribution < -0.4 is 5.32 Å². The van der Waals surface area contributed by atoms with Crippen molar-refractivity contribution in [3.05, 3.63) is 42.1 Å². The molecule has 2 nitrogen and oxygen atoms in total. The van der Waals surface area contributed by atoms with Crippen LogP contribution in [0.2, 0.25) is 0 Å². The summed E-state index contributed by atoms with van der Waals surface area (Å²) in [6.45, 7) is 5.64. The van der Waals surface area contributed by atoms with Crippen LogP contribution in [0.25, 0.3) is 10.9 Å². The molecule has 0 aliphatic carbocycles. The lowest BCUT2D eigenvalue weighted by Crippen LogP contribution is -2.46. The Morgan fingerprint density at radius 1 is 1.29 bits per heavy atom. The van der Waals surface area contributed by atoms with Crippen LogP contribution in [0, 0.1) is 0 Å². The van der Waals surface area contributed by atoms with Crippen LogP contribution in [-0.4, -0.2) is 28.1 Å². The molecule has 0 radical (unpaired) electrons. The van der Waals surface area contributed by atoms with Crippen molar-refractivity contribution in [2.24, 2.45) is 0 Å². The number of nitrogens with zero attached hydrogens (tertiary/aromatic N) is 1. The molecule has 1 aliphatic rings. The third-order valence-electron chi connectivity index (χ3n) is 4.51. The van der Waals surface area contributed by atoms with Crippen LogP contribution >= 0.6 is 11.8 Å². The fourth-order valence-electron chi connectivity index (χ4n) is 3.26. The zero-order valence-corrected chi connectivity index (χ0v) is 13.7. The normalized spacial score (nSPS) is 23.5. The molecule has 3 heteroatoms. The topological polar surface area (TPSA) is 24.9 Å². The van der Waals surface area contributed by atoms with Crippen molar-refractivity contribution >= 4 is 22.7 Å². The standard InChI is InChI=1S/C18H24N2S/c1-3-19-17(18(2)11-6-12-21-18)13-15-10-9-14-7-4-5-8-16(14)20-15/h4-5,7-10,17,19H,3,6,11-13H2,1-2H3. The lowest BCUT2D eigenvalue weighted by Gasteiger charge is -2.34. The lowest BCUT2D eigenvalue weighted by atomic mass is 9.92. The Morgan fingerprint density at radius 3 is 2.90 bits per heavy atom. The quantitative estimate of drug-likeness (QED) is 0.902. The Bertz CT molecular complexity index is 605. The number of rotatable bonds is 5. The maximum Gasteiger partial charge on any atom is 0.0705 e. The number of nitrogens with one attached hydrogen (secondary N) is 1. The average molecular weight is 300 g/mol. The SMILES string of the molecule is CCNC(Cc1ccc2ccccc2n1)C1(C)CCCS1. The molecule has 3 rings (SSSR count). The van der Waals surface area contributed by atoms with E-state index in [0.29, 0.717) is 10.8 Å². The molecule has 0 saturated carbocycles. The highest BCUT2D eigenvalue weighted by molar-refractivity contribution is 8.00. The van der Waals surface area contributed by atoms with E-state index >= 15 is 0 Å². The van der Waals surface area contributed by atoms with E-state index in [9.17, 15) is 0 Å². The van der Waals surface area contributed by atoms with E-state index in [-0.39, 0.29) is 0 Å². The minimum Gasteiger partial charge on any atom is -0.312 e. The first-order chi connectivity index (χ1) is 10.2. The minimum absolute atomic E-state index is 0.351. The molecule has 1 aromatic carbocycles. The molecule has 2 aromatic rings. The van der Waals surface area contributed by atoms with Gasteiger partial charge in [-0.1, -0.05) is 31.2 Å². The molecular weight excluding hydrogens is 276 g/mol. The van der Waals surface area contributed by atoms with E-state index < -0.39 is 0 Å². The number of likely N-dealkylation sites (N-methyl/N-ethyl adjacent to an activating group) is 1. The molecule has 21 heavy (non-hydrogen) atoms. The van der Waals surface area contributed by atoms with Crippen LogP contribution in [-0.2, 0) is 6.42 Å². The molecule has 2 atom stereocenters. The summed E-state index contributed by atoms with van der Waals surface area (Å²) < 4.78 is 0.351. The molecule has 2 unspecified atom stereocenters. The molecule has 0 spiro atoms. The first-order valence-electron chi connectivity index (χ1n) is 7.93. The highest BCUT2D eigenvalue weighted by Crippen LogP contribution is 2.41. The summed E-state index contributed by atoms with van der Waals surface area (Å²) >= 11 is 2.13. The summed E-state index contributed by atoms with van der Waals surface area (Å²) in [4.78, 5) is 4.85. The van der Waals surface area contributed by atoms with Gasteiger partial charge in [-0.25, -0.2) is 0 Å². The van der Waals surface area contributed by atoms with E-state index in [2.05, 4.69) is 67.3 Å². The summed E-state index contributed by atoms with van der Waals surface area (Å²) in [6.07, 6.45) is 3.67. The maximum absolute atomic E-state index is 4.85. The highest BCUT2D eigenvalue weighted by Gasteiger charge is 2.37. The van der Waals surface area contributed by atoms with Gasteiger partial charge in [0.15, 0.2) is 0 Å². The zero-order valence-electron chi connectivity index (χ0n) is 12.9. The number of aromatic nitrogens is 1. The highest BCUT2D eigenvalue weighted by atomic mass is 32.2. The molecule has 1 aromatic heterocycles. The van der Waals surface area contributed by atoms with Gasteiger partial charge in [0.05, 0.1) is 5.52 Å². The second-order valence-electron chi connectivity index (χ2n) is 6.07. The first kappa shape index (κ1) is 14.9. The second kappa shape index (κ2) is 6.37. The Hall–Kier alpha value is -1.06. The van der Waals surface area contributed by atoms with E-state index in [1.54, 1.807) is 0 Å². The molecule has 0 amide bonds. The molecule has 1 saturated heterocycles. The van der Waals surface area contributed by atoms with E-state index in [4.69, 9.17) is 4.98 Å². The van der Waals surface area contributed by atoms with Gasteiger partial charge in [0, 0.05) is 28.3 Å². The number of thioether (sulfide) groups is 1. The van der Waals surface area contributed by atoms with Crippen molar-refractivity contribution in [1.29, 1.82) is 0 Å². The van der Waals surface area contributed by atoms with Crippen LogP contribution in [0.4, 0.5) is 0 Å². The van der Waals surface area contributed by atoms with Gasteiger partial charge in [-0.2, -0.15) is 11.8 Å². The van der Waals surface area contributed by atoms with Crippen molar-refractivity contribution in [2.75, 3.05) is 12.3 Å². The zero-order chi connectivity index (χ0) is 14.7. The Balaban J connectivity index is 1.83. The van der Waals surface area contributed by atoms with E-state index in [0.717, 1.165) is 18.5 Å². The summed E-state index contributed by atoms with van der Waals surface area (Å²) in [6, 6.07) is 13.3. The second-order valence-corrected chi connectivity index (χ2v) is 7.70. The number of benzene rings is 1. The number of fused-ring (bicyclic) bond motifs is 1. The predicted octanol–water partition coefficient (Wildman–Crippen LogP) is 4.04. The largest absolute Gasteiger partial charge is 0.312 e. The summed E-state index contributed by atoms with van der Waals surface area (Å²) in [5.74, 6) is 1.30.